The standard InChI is InChI=1S/C22H37N7O3/c1-6-23-20(28-11-12-29(19(30)16-28)18-14-25-26(5)15-18)24-13-17-7-9-27(10-8-17)21(31)32-22(2,3)4/h14-15,17H,6-13,16H2,1-5H3,(H,23,24). The van der Waals surface area contributed by atoms with E-state index in [0.29, 0.717) is 38.6 Å². The molecule has 1 N–H and O–H groups in total. The largest absolute Gasteiger partial charge is 0.444 e. The van der Waals surface area contributed by atoms with Gasteiger partial charge in [0.05, 0.1) is 11.9 Å². The number of carbonyl (C=O) groups is 2. The van der Waals surface area contributed by atoms with Gasteiger partial charge in [0, 0.05) is 52.5 Å². The van der Waals surface area contributed by atoms with Crippen molar-refractivity contribution in [1.29, 1.82) is 0 Å². The molecule has 3 rings (SSSR count). The van der Waals surface area contributed by atoms with Crippen molar-refractivity contribution in [2.24, 2.45) is 18.0 Å². The van der Waals surface area contributed by atoms with Crippen LogP contribution < -0.4 is 10.2 Å². The Hall–Kier alpha value is -2.78. The molecular formula is C22H37N7O3. The van der Waals surface area contributed by atoms with E-state index in [4.69, 9.17) is 9.73 Å². The first-order valence-electron chi connectivity index (χ1n) is 11.5. The van der Waals surface area contributed by atoms with Gasteiger partial charge >= 0.3 is 6.09 Å². The summed E-state index contributed by atoms with van der Waals surface area (Å²) in [7, 11) is 1.85. The SMILES string of the molecule is CCNC(=NCC1CCN(C(=O)OC(C)(C)C)CC1)N1CCN(c2cnn(C)c2)C(=O)C1. The number of piperidine rings is 1. The first-order valence-corrected chi connectivity index (χ1v) is 11.5. The molecule has 0 bridgehead atoms. The smallest absolute Gasteiger partial charge is 0.410 e. The van der Waals surface area contributed by atoms with Crippen molar-refractivity contribution in [3.8, 4) is 0 Å². The van der Waals surface area contributed by atoms with E-state index >= 15 is 0 Å². The lowest BCUT2D eigenvalue weighted by atomic mass is 9.97. The number of nitrogens with zero attached hydrogens (tertiary/aromatic N) is 6. The first-order chi connectivity index (χ1) is 15.2. The summed E-state index contributed by atoms with van der Waals surface area (Å²) >= 11 is 0. The average Bonchev–Trinajstić information content (AvgIpc) is 3.16. The van der Waals surface area contributed by atoms with E-state index in [1.807, 2.05) is 45.8 Å². The van der Waals surface area contributed by atoms with Crippen molar-refractivity contribution in [2.45, 2.75) is 46.1 Å². The molecule has 0 spiro atoms. The molecule has 1 aromatic rings. The quantitative estimate of drug-likeness (QED) is 0.557. The second kappa shape index (κ2) is 10.2. The molecule has 0 aliphatic carbocycles. The zero-order valence-corrected chi connectivity index (χ0v) is 20.0. The van der Waals surface area contributed by atoms with Crippen LogP contribution in [0.25, 0.3) is 0 Å². The third kappa shape index (κ3) is 6.37. The van der Waals surface area contributed by atoms with E-state index in [9.17, 15) is 9.59 Å². The molecule has 10 nitrogen and oxygen atoms in total. The summed E-state index contributed by atoms with van der Waals surface area (Å²) in [6.45, 7) is 12.1. The number of amides is 2. The minimum Gasteiger partial charge on any atom is -0.444 e. The molecule has 178 valence electrons. The molecule has 1 aromatic heterocycles. The van der Waals surface area contributed by atoms with Crippen molar-refractivity contribution in [1.82, 2.24) is 24.9 Å². The van der Waals surface area contributed by atoms with E-state index in [-0.39, 0.29) is 18.5 Å². The third-order valence-corrected chi connectivity index (χ3v) is 5.62. The number of aliphatic imine (C=N–C) groups is 1. The number of rotatable bonds is 4. The number of hydrogen-bond donors (Lipinski definition) is 1. The van der Waals surface area contributed by atoms with Gasteiger partial charge in [0.1, 0.15) is 12.1 Å². The maximum Gasteiger partial charge on any atom is 0.410 e. The van der Waals surface area contributed by atoms with Crippen molar-refractivity contribution in [3.05, 3.63) is 12.4 Å². The topological polar surface area (TPSA) is 95.3 Å². The zero-order valence-electron chi connectivity index (χ0n) is 20.0. The second-order valence-electron chi connectivity index (χ2n) is 9.44. The number of hydrogen-bond acceptors (Lipinski definition) is 5. The Balaban J connectivity index is 1.52. The molecule has 0 aromatic carbocycles. The predicted molar refractivity (Wildman–Crippen MR) is 124 cm³/mol. The number of anilines is 1. The lowest BCUT2D eigenvalue weighted by Crippen LogP contribution is -2.55. The van der Waals surface area contributed by atoms with Crippen LogP contribution in [0.3, 0.4) is 0 Å². The van der Waals surface area contributed by atoms with E-state index < -0.39 is 5.60 Å². The molecule has 2 aliphatic heterocycles. The number of carbonyl (C=O) groups excluding carboxylic acids is 2. The van der Waals surface area contributed by atoms with Gasteiger partial charge in [0.2, 0.25) is 5.91 Å². The summed E-state index contributed by atoms with van der Waals surface area (Å²) in [5, 5.41) is 7.49. The summed E-state index contributed by atoms with van der Waals surface area (Å²) < 4.78 is 7.18. The summed E-state index contributed by atoms with van der Waals surface area (Å²) in [6.07, 6.45) is 5.14. The lowest BCUT2D eigenvalue weighted by molar-refractivity contribution is -0.120. The van der Waals surface area contributed by atoms with Crippen LogP contribution in [-0.2, 0) is 16.6 Å². The van der Waals surface area contributed by atoms with Crippen LogP contribution >= 0.6 is 0 Å². The average molecular weight is 448 g/mol. The van der Waals surface area contributed by atoms with Crippen molar-refractivity contribution < 1.29 is 14.3 Å². The summed E-state index contributed by atoms with van der Waals surface area (Å²) in [4.78, 5) is 35.4. The fraction of sp³-hybridized carbons (Fsp3) is 0.727. The minimum atomic E-state index is -0.475. The molecule has 32 heavy (non-hydrogen) atoms. The van der Waals surface area contributed by atoms with Gasteiger partial charge < -0.3 is 24.8 Å². The molecule has 0 radical (unpaired) electrons. The van der Waals surface area contributed by atoms with E-state index in [1.165, 1.54) is 0 Å². The van der Waals surface area contributed by atoms with Gasteiger partial charge in [0.15, 0.2) is 5.96 Å². The van der Waals surface area contributed by atoms with Crippen LogP contribution in [0.15, 0.2) is 17.4 Å². The van der Waals surface area contributed by atoms with Crippen LogP contribution in [0.2, 0.25) is 0 Å². The van der Waals surface area contributed by atoms with Crippen LogP contribution in [0, 0.1) is 5.92 Å². The highest BCUT2D eigenvalue weighted by Crippen LogP contribution is 2.21. The normalized spacial score (nSPS) is 18.8. The molecule has 0 unspecified atom stereocenters. The molecule has 0 atom stereocenters. The molecule has 2 aliphatic rings. The number of aromatic nitrogens is 2. The predicted octanol–water partition coefficient (Wildman–Crippen LogP) is 1.68. The Morgan fingerprint density at radius 3 is 2.50 bits per heavy atom. The van der Waals surface area contributed by atoms with Gasteiger partial charge in [-0.15, -0.1) is 0 Å². The molecular weight excluding hydrogens is 410 g/mol. The van der Waals surface area contributed by atoms with Crippen molar-refractivity contribution in [3.63, 3.8) is 0 Å². The molecule has 2 fully saturated rings. The Morgan fingerprint density at radius 1 is 1.22 bits per heavy atom. The maximum absolute atomic E-state index is 12.7. The van der Waals surface area contributed by atoms with E-state index in [1.54, 1.807) is 20.7 Å². The number of ether oxygens (including phenoxy) is 1. The van der Waals surface area contributed by atoms with Gasteiger partial charge in [-0.05, 0) is 46.5 Å². The van der Waals surface area contributed by atoms with E-state index in [0.717, 1.165) is 31.0 Å². The molecule has 2 saturated heterocycles. The Labute approximate surface area is 190 Å². The van der Waals surface area contributed by atoms with Crippen LogP contribution in [0.4, 0.5) is 10.5 Å². The molecule has 3 heterocycles. The van der Waals surface area contributed by atoms with Gasteiger partial charge in [-0.1, -0.05) is 0 Å². The molecule has 0 saturated carbocycles. The van der Waals surface area contributed by atoms with Gasteiger partial charge in [-0.2, -0.15) is 5.10 Å². The second-order valence-corrected chi connectivity index (χ2v) is 9.44. The van der Waals surface area contributed by atoms with Crippen molar-refractivity contribution >= 4 is 23.6 Å². The van der Waals surface area contributed by atoms with Gasteiger partial charge in [-0.3, -0.25) is 14.5 Å². The fourth-order valence-corrected chi connectivity index (χ4v) is 3.94. The summed E-state index contributed by atoms with van der Waals surface area (Å²) in [5.74, 6) is 1.23. The van der Waals surface area contributed by atoms with Crippen LogP contribution in [0.1, 0.15) is 40.5 Å². The van der Waals surface area contributed by atoms with Crippen LogP contribution in [-0.4, -0.2) is 89.0 Å². The fourth-order valence-electron chi connectivity index (χ4n) is 3.94. The Bertz CT molecular complexity index is 822. The van der Waals surface area contributed by atoms with Gasteiger partial charge in [-0.25, -0.2) is 4.79 Å². The number of piperazine rings is 1. The van der Waals surface area contributed by atoms with Gasteiger partial charge in [0.25, 0.3) is 0 Å². The molecule has 2 amide bonds. The third-order valence-electron chi connectivity index (χ3n) is 5.62. The molecule has 10 heteroatoms. The highest BCUT2D eigenvalue weighted by Gasteiger charge is 2.29. The highest BCUT2D eigenvalue weighted by atomic mass is 16.6. The summed E-state index contributed by atoms with van der Waals surface area (Å²) in [5.41, 5.74) is 0.355. The zero-order chi connectivity index (χ0) is 23.3. The number of aryl methyl sites for hydroxylation is 1. The van der Waals surface area contributed by atoms with Crippen LogP contribution in [0.5, 0.6) is 0 Å². The first kappa shape index (κ1) is 23.9. The highest BCUT2D eigenvalue weighted by molar-refractivity contribution is 5.98. The maximum atomic E-state index is 12.7. The summed E-state index contributed by atoms with van der Waals surface area (Å²) in [6, 6.07) is 0. The number of likely N-dealkylation sites (tertiary alicyclic amines) is 1. The number of nitrogens with one attached hydrogen (secondary N) is 1. The monoisotopic (exact) mass is 447 g/mol. The Kier molecular flexibility index (Phi) is 7.63. The minimum absolute atomic E-state index is 0.0421. The van der Waals surface area contributed by atoms with E-state index in [2.05, 4.69) is 10.4 Å². The van der Waals surface area contributed by atoms with Crippen molar-refractivity contribution in [2.75, 3.05) is 50.7 Å². The Morgan fingerprint density at radius 2 is 1.94 bits per heavy atom. The lowest BCUT2D eigenvalue weighted by Gasteiger charge is -2.36. The number of guanidine groups is 1.